The lowest BCUT2D eigenvalue weighted by atomic mass is 9.92. The number of nitrogens with one attached hydrogen (secondary N) is 1. The van der Waals surface area contributed by atoms with E-state index in [2.05, 4.69) is 37.4 Å². The van der Waals surface area contributed by atoms with Gasteiger partial charge in [-0.15, -0.1) is 0 Å². The zero-order chi connectivity index (χ0) is 21.1. The van der Waals surface area contributed by atoms with E-state index in [1.54, 1.807) is 0 Å². The third-order valence-corrected chi connectivity index (χ3v) is 6.82. The van der Waals surface area contributed by atoms with Gasteiger partial charge in [0.2, 0.25) is 0 Å². The first-order valence-electron chi connectivity index (χ1n) is 10.9. The van der Waals surface area contributed by atoms with Crippen LogP contribution in [0.3, 0.4) is 0 Å². The number of hydrogen-bond donors (Lipinski definition) is 1. The molecule has 5 heteroatoms. The van der Waals surface area contributed by atoms with Crippen molar-refractivity contribution in [2.75, 3.05) is 26.3 Å². The molecule has 4 rings (SSSR count). The van der Waals surface area contributed by atoms with E-state index >= 15 is 0 Å². The summed E-state index contributed by atoms with van der Waals surface area (Å²) in [7, 11) is 0. The Bertz CT molecular complexity index is 879. The van der Waals surface area contributed by atoms with E-state index < -0.39 is 0 Å². The lowest BCUT2D eigenvalue weighted by Gasteiger charge is -2.31. The maximum Gasteiger partial charge on any atom is 0.254 e. The average molecular weight is 427 g/mol. The second-order valence-corrected chi connectivity index (χ2v) is 9.38. The highest BCUT2D eigenvalue weighted by Crippen LogP contribution is 2.42. The molecule has 1 heterocycles. The lowest BCUT2D eigenvalue weighted by molar-refractivity contribution is 0.0303. The number of rotatable bonds is 5. The van der Waals surface area contributed by atoms with Crippen LogP contribution in [0.2, 0.25) is 5.02 Å². The van der Waals surface area contributed by atoms with Crippen LogP contribution in [0.15, 0.2) is 48.5 Å². The number of benzene rings is 2. The van der Waals surface area contributed by atoms with Gasteiger partial charge in [-0.25, -0.2) is 0 Å². The van der Waals surface area contributed by atoms with Crippen molar-refractivity contribution >= 4 is 17.5 Å². The van der Waals surface area contributed by atoms with E-state index in [4.69, 9.17) is 16.3 Å². The second-order valence-electron chi connectivity index (χ2n) is 8.95. The average Bonchev–Trinajstić information content (AvgIpc) is 3.15. The summed E-state index contributed by atoms with van der Waals surface area (Å²) in [4.78, 5) is 14.5. The highest BCUT2D eigenvalue weighted by atomic mass is 35.5. The van der Waals surface area contributed by atoms with E-state index in [-0.39, 0.29) is 17.5 Å². The first-order chi connectivity index (χ1) is 14.4. The van der Waals surface area contributed by atoms with Gasteiger partial charge in [-0.2, -0.15) is 0 Å². The Balaban J connectivity index is 1.38. The van der Waals surface area contributed by atoms with Crippen molar-refractivity contribution in [2.24, 2.45) is 0 Å². The first kappa shape index (κ1) is 21.4. The molecule has 1 saturated carbocycles. The number of morpholine rings is 1. The van der Waals surface area contributed by atoms with Crippen LogP contribution < -0.4 is 5.32 Å². The van der Waals surface area contributed by atoms with Crippen molar-refractivity contribution in [1.29, 1.82) is 0 Å². The summed E-state index contributed by atoms with van der Waals surface area (Å²) in [6, 6.07) is 16.6. The molecule has 0 radical (unpaired) electrons. The summed E-state index contributed by atoms with van der Waals surface area (Å²) in [5.41, 5.74) is 3.41. The molecule has 160 valence electrons. The Labute approximate surface area is 184 Å². The van der Waals surface area contributed by atoms with Crippen molar-refractivity contribution in [3.8, 4) is 0 Å². The zero-order valence-electron chi connectivity index (χ0n) is 17.9. The summed E-state index contributed by atoms with van der Waals surface area (Å²) in [6.07, 6.45) is 3.38. The third-order valence-electron chi connectivity index (χ3n) is 6.58. The van der Waals surface area contributed by atoms with Crippen LogP contribution in [-0.4, -0.2) is 42.6 Å². The quantitative estimate of drug-likeness (QED) is 0.715. The molecule has 1 saturated heterocycles. The number of carbonyl (C=O) groups is 1. The van der Waals surface area contributed by atoms with Gasteiger partial charge in [0.15, 0.2) is 0 Å². The van der Waals surface area contributed by atoms with Gasteiger partial charge in [0.05, 0.1) is 13.2 Å². The zero-order valence-corrected chi connectivity index (χ0v) is 18.6. The minimum absolute atomic E-state index is 0.0920. The Morgan fingerprint density at radius 1 is 1.20 bits per heavy atom. The van der Waals surface area contributed by atoms with Crippen molar-refractivity contribution < 1.29 is 9.53 Å². The largest absolute Gasteiger partial charge is 0.378 e. The number of halogens is 1. The molecule has 4 nitrogen and oxygen atoms in total. The Kier molecular flexibility index (Phi) is 6.47. The van der Waals surface area contributed by atoms with Gasteiger partial charge in [-0.05, 0) is 74.4 Å². The maximum absolute atomic E-state index is 12.7. The standard InChI is InChI=1S/C25H31ClN2O2/c1-18(21-4-3-5-23(26)16-21)27-25(2)11-10-22(17-25)19-6-8-20(9-7-19)24(29)28-12-14-30-15-13-28/h3-9,16,18,22,27H,10-15,17H2,1-2H3. The molecule has 1 amide bonds. The summed E-state index contributed by atoms with van der Waals surface area (Å²) >= 11 is 6.17. The minimum Gasteiger partial charge on any atom is -0.378 e. The smallest absolute Gasteiger partial charge is 0.254 e. The van der Waals surface area contributed by atoms with Crippen LogP contribution in [-0.2, 0) is 4.74 Å². The van der Waals surface area contributed by atoms with E-state index in [1.165, 1.54) is 11.1 Å². The number of carbonyl (C=O) groups excluding carboxylic acids is 1. The number of nitrogens with zero attached hydrogens (tertiary/aromatic N) is 1. The fraction of sp³-hybridized carbons (Fsp3) is 0.480. The fourth-order valence-electron chi connectivity index (χ4n) is 4.89. The van der Waals surface area contributed by atoms with E-state index in [0.29, 0.717) is 32.2 Å². The number of amides is 1. The third kappa shape index (κ3) is 4.88. The topological polar surface area (TPSA) is 41.6 Å². The van der Waals surface area contributed by atoms with Crippen molar-refractivity contribution in [3.05, 3.63) is 70.2 Å². The maximum atomic E-state index is 12.7. The van der Waals surface area contributed by atoms with Crippen LogP contribution >= 0.6 is 11.6 Å². The van der Waals surface area contributed by atoms with E-state index in [0.717, 1.165) is 29.8 Å². The van der Waals surface area contributed by atoms with Crippen LogP contribution in [0.5, 0.6) is 0 Å². The number of ether oxygens (including phenoxy) is 1. The van der Waals surface area contributed by atoms with Gasteiger partial charge in [-0.1, -0.05) is 35.9 Å². The van der Waals surface area contributed by atoms with Gasteiger partial charge in [0.25, 0.3) is 5.91 Å². The SMILES string of the molecule is CC(NC1(C)CCC(c2ccc(C(=O)N3CCOCC3)cc2)C1)c1cccc(Cl)c1. The Morgan fingerprint density at radius 3 is 2.63 bits per heavy atom. The Morgan fingerprint density at radius 2 is 1.93 bits per heavy atom. The molecule has 1 N–H and O–H groups in total. The molecule has 3 atom stereocenters. The fourth-order valence-corrected chi connectivity index (χ4v) is 5.08. The normalized spacial score (nSPS) is 25.3. The molecule has 0 spiro atoms. The molecule has 0 aromatic heterocycles. The van der Waals surface area contributed by atoms with Gasteiger partial charge in [0.1, 0.15) is 0 Å². The predicted molar refractivity (Wildman–Crippen MR) is 121 cm³/mol. The number of hydrogen-bond acceptors (Lipinski definition) is 3. The molecular formula is C25H31ClN2O2. The molecule has 30 heavy (non-hydrogen) atoms. The van der Waals surface area contributed by atoms with E-state index in [9.17, 15) is 4.79 Å². The van der Waals surface area contributed by atoms with Gasteiger partial charge in [0, 0.05) is 35.3 Å². The van der Waals surface area contributed by atoms with Gasteiger partial charge in [-0.3, -0.25) is 4.79 Å². The summed E-state index contributed by atoms with van der Waals surface area (Å²) in [5.74, 6) is 0.625. The molecule has 1 aliphatic carbocycles. The van der Waals surface area contributed by atoms with Crippen molar-refractivity contribution in [3.63, 3.8) is 0 Å². The minimum atomic E-state index is 0.0920. The Hall–Kier alpha value is -1.88. The lowest BCUT2D eigenvalue weighted by Crippen LogP contribution is -2.41. The predicted octanol–water partition coefficient (Wildman–Crippen LogP) is 5.19. The second kappa shape index (κ2) is 9.09. The van der Waals surface area contributed by atoms with Crippen LogP contribution in [0.25, 0.3) is 0 Å². The van der Waals surface area contributed by atoms with Gasteiger partial charge >= 0.3 is 0 Å². The van der Waals surface area contributed by atoms with Crippen LogP contribution in [0.4, 0.5) is 0 Å². The highest BCUT2D eigenvalue weighted by molar-refractivity contribution is 6.30. The van der Waals surface area contributed by atoms with E-state index in [1.807, 2.05) is 35.2 Å². The van der Waals surface area contributed by atoms with Gasteiger partial charge < -0.3 is 15.0 Å². The summed E-state index contributed by atoms with van der Waals surface area (Å²) in [6.45, 7) is 7.15. The molecule has 2 aromatic rings. The van der Waals surface area contributed by atoms with Crippen molar-refractivity contribution in [1.82, 2.24) is 10.2 Å². The summed E-state index contributed by atoms with van der Waals surface area (Å²) in [5, 5.41) is 4.62. The molecule has 2 fully saturated rings. The van der Waals surface area contributed by atoms with Crippen molar-refractivity contribution in [2.45, 2.75) is 50.6 Å². The van der Waals surface area contributed by atoms with Crippen LogP contribution in [0, 0.1) is 0 Å². The highest BCUT2D eigenvalue weighted by Gasteiger charge is 2.36. The molecule has 3 unspecified atom stereocenters. The first-order valence-corrected chi connectivity index (χ1v) is 11.3. The monoisotopic (exact) mass is 426 g/mol. The van der Waals surface area contributed by atoms with Crippen LogP contribution in [0.1, 0.15) is 66.6 Å². The molecule has 1 aliphatic heterocycles. The summed E-state index contributed by atoms with van der Waals surface area (Å²) < 4.78 is 5.35. The molecule has 2 aliphatic rings. The molecule has 0 bridgehead atoms. The molecular weight excluding hydrogens is 396 g/mol. The molecule has 2 aromatic carbocycles.